The average Bonchev–Trinajstić information content (AvgIpc) is 2.20. The van der Waals surface area contributed by atoms with Gasteiger partial charge in [-0.05, 0) is 39.5 Å². The largest absolute Gasteiger partial charge is 0.508 e. The second-order valence-corrected chi connectivity index (χ2v) is 4.43. The van der Waals surface area contributed by atoms with Gasteiger partial charge in [-0.25, -0.2) is 4.39 Å². The third-order valence-electron chi connectivity index (χ3n) is 2.20. The van der Waals surface area contributed by atoms with E-state index >= 15 is 0 Å². The summed E-state index contributed by atoms with van der Waals surface area (Å²) in [6.07, 6.45) is -3.49. The standard InChI is InChI=1S/C11H8BrFO5/c12-7-4-6(14)3-5-1-2-8(13)10(9(5)7)18-11(15,16)17/h1-4,14-17H. The number of phenolic OH excluding ortho intramolecular Hbond substituents is 1. The van der Waals surface area contributed by atoms with E-state index in [9.17, 15) is 9.50 Å². The summed E-state index contributed by atoms with van der Waals surface area (Å²) in [5, 5.41) is 36.2. The predicted molar refractivity (Wildman–Crippen MR) is 63.3 cm³/mol. The first-order valence-corrected chi connectivity index (χ1v) is 5.54. The lowest BCUT2D eigenvalue weighted by molar-refractivity contribution is -0.419. The number of hydrogen-bond donors (Lipinski definition) is 4. The van der Waals surface area contributed by atoms with Gasteiger partial charge in [-0.1, -0.05) is 6.07 Å². The maximum absolute atomic E-state index is 13.6. The van der Waals surface area contributed by atoms with Gasteiger partial charge in [0, 0.05) is 9.86 Å². The molecule has 0 atom stereocenters. The van der Waals surface area contributed by atoms with Gasteiger partial charge in [0.2, 0.25) is 0 Å². The third kappa shape index (κ3) is 2.54. The van der Waals surface area contributed by atoms with Crippen LogP contribution in [0, 0.1) is 5.82 Å². The van der Waals surface area contributed by atoms with Crippen molar-refractivity contribution in [3.05, 3.63) is 34.6 Å². The summed E-state index contributed by atoms with van der Waals surface area (Å²) in [5.74, 6) is -1.50. The Bertz CT molecular complexity index is 608. The second-order valence-electron chi connectivity index (χ2n) is 3.58. The molecule has 0 saturated carbocycles. The van der Waals surface area contributed by atoms with Crippen molar-refractivity contribution in [1.82, 2.24) is 0 Å². The smallest absolute Gasteiger partial charge is 0.453 e. The fourth-order valence-electron chi connectivity index (χ4n) is 1.58. The summed E-state index contributed by atoms with van der Waals surface area (Å²) >= 11 is 3.09. The molecule has 4 N–H and O–H groups in total. The minimum atomic E-state index is -3.49. The molecular formula is C11H8BrFO5. The van der Waals surface area contributed by atoms with Crippen LogP contribution in [0.15, 0.2) is 28.7 Å². The Labute approximate surface area is 109 Å². The summed E-state index contributed by atoms with van der Waals surface area (Å²) in [5.41, 5.74) is 0. The molecule has 0 aliphatic carbocycles. The fraction of sp³-hybridized carbons (Fsp3) is 0.0909. The van der Waals surface area contributed by atoms with Crippen LogP contribution in [0.2, 0.25) is 0 Å². The van der Waals surface area contributed by atoms with E-state index in [0.29, 0.717) is 5.39 Å². The lowest BCUT2D eigenvalue weighted by Crippen LogP contribution is -2.35. The number of phenols is 1. The van der Waals surface area contributed by atoms with E-state index in [1.165, 1.54) is 18.2 Å². The summed E-state index contributed by atoms with van der Waals surface area (Å²) in [7, 11) is 0. The van der Waals surface area contributed by atoms with E-state index in [0.717, 1.165) is 6.07 Å². The third-order valence-corrected chi connectivity index (χ3v) is 2.82. The van der Waals surface area contributed by atoms with Crippen LogP contribution in [0.5, 0.6) is 11.5 Å². The van der Waals surface area contributed by atoms with Crippen LogP contribution >= 0.6 is 15.9 Å². The number of halogens is 2. The van der Waals surface area contributed by atoms with Crippen molar-refractivity contribution in [3.8, 4) is 11.5 Å². The van der Waals surface area contributed by atoms with E-state index in [2.05, 4.69) is 20.7 Å². The molecule has 0 unspecified atom stereocenters. The minimum Gasteiger partial charge on any atom is -0.508 e. The van der Waals surface area contributed by atoms with Crippen molar-refractivity contribution in [2.75, 3.05) is 0 Å². The maximum Gasteiger partial charge on any atom is 0.453 e. The highest BCUT2D eigenvalue weighted by Crippen LogP contribution is 2.38. The van der Waals surface area contributed by atoms with E-state index in [-0.39, 0.29) is 15.6 Å². The van der Waals surface area contributed by atoms with Crippen LogP contribution in [0.1, 0.15) is 0 Å². The quantitative estimate of drug-likeness (QED) is 0.629. The topological polar surface area (TPSA) is 90.2 Å². The number of benzene rings is 2. The highest BCUT2D eigenvalue weighted by atomic mass is 79.9. The van der Waals surface area contributed by atoms with Gasteiger partial charge in [-0.3, -0.25) is 0 Å². The van der Waals surface area contributed by atoms with Crippen LogP contribution < -0.4 is 4.74 Å². The lowest BCUT2D eigenvalue weighted by Gasteiger charge is -2.18. The first-order chi connectivity index (χ1) is 8.28. The highest BCUT2D eigenvalue weighted by Gasteiger charge is 2.25. The zero-order valence-corrected chi connectivity index (χ0v) is 10.3. The van der Waals surface area contributed by atoms with Crippen molar-refractivity contribution >= 4 is 26.7 Å². The molecule has 5 nitrogen and oxygen atoms in total. The Morgan fingerprint density at radius 3 is 2.44 bits per heavy atom. The molecule has 2 aromatic carbocycles. The summed E-state index contributed by atoms with van der Waals surface area (Å²) < 4.78 is 18.2. The molecule has 18 heavy (non-hydrogen) atoms. The Morgan fingerprint density at radius 1 is 1.17 bits per heavy atom. The van der Waals surface area contributed by atoms with E-state index in [1.54, 1.807) is 0 Å². The zero-order chi connectivity index (χ0) is 13.5. The van der Waals surface area contributed by atoms with Gasteiger partial charge in [0.1, 0.15) is 5.75 Å². The number of rotatable bonds is 2. The number of fused-ring (bicyclic) bond motifs is 1. The molecule has 0 bridgehead atoms. The van der Waals surface area contributed by atoms with Crippen molar-refractivity contribution in [3.63, 3.8) is 0 Å². The van der Waals surface area contributed by atoms with Crippen LogP contribution in [0.4, 0.5) is 4.39 Å². The van der Waals surface area contributed by atoms with Crippen molar-refractivity contribution in [1.29, 1.82) is 0 Å². The predicted octanol–water partition coefficient (Wildman–Crippen LogP) is 1.41. The molecule has 96 valence electrons. The van der Waals surface area contributed by atoms with Gasteiger partial charge in [0.15, 0.2) is 11.6 Å². The van der Waals surface area contributed by atoms with Gasteiger partial charge >= 0.3 is 6.16 Å². The van der Waals surface area contributed by atoms with Crippen molar-refractivity contribution < 1.29 is 29.6 Å². The van der Waals surface area contributed by atoms with Gasteiger partial charge in [0.05, 0.1) is 0 Å². The van der Waals surface area contributed by atoms with Gasteiger partial charge in [0.25, 0.3) is 0 Å². The van der Waals surface area contributed by atoms with Crippen molar-refractivity contribution in [2.45, 2.75) is 6.16 Å². The SMILES string of the molecule is Oc1cc(Br)c2c(OC(O)(O)O)c(F)ccc2c1. The number of hydrogen-bond acceptors (Lipinski definition) is 5. The Hall–Kier alpha value is -1.41. The first-order valence-electron chi connectivity index (χ1n) is 4.75. The van der Waals surface area contributed by atoms with Gasteiger partial charge in [-0.15, -0.1) is 0 Å². The zero-order valence-electron chi connectivity index (χ0n) is 8.76. The van der Waals surface area contributed by atoms with Crippen LogP contribution in [-0.2, 0) is 0 Å². The van der Waals surface area contributed by atoms with E-state index in [4.69, 9.17) is 15.3 Å². The molecule has 0 fully saturated rings. The summed E-state index contributed by atoms with van der Waals surface area (Å²) in [6.45, 7) is 0. The molecule has 0 heterocycles. The van der Waals surface area contributed by atoms with Crippen LogP contribution in [0.25, 0.3) is 10.8 Å². The van der Waals surface area contributed by atoms with Gasteiger partial charge < -0.3 is 25.2 Å². The molecule has 0 aliphatic rings. The molecule has 2 rings (SSSR count). The molecule has 0 radical (unpaired) electrons. The minimum absolute atomic E-state index is 0.0600. The van der Waals surface area contributed by atoms with Crippen LogP contribution in [0.3, 0.4) is 0 Å². The molecule has 0 saturated heterocycles. The number of aromatic hydroxyl groups is 1. The highest BCUT2D eigenvalue weighted by molar-refractivity contribution is 9.10. The maximum atomic E-state index is 13.6. The second kappa shape index (κ2) is 4.36. The van der Waals surface area contributed by atoms with Crippen molar-refractivity contribution in [2.24, 2.45) is 0 Å². The summed E-state index contributed by atoms with van der Waals surface area (Å²) in [4.78, 5) is 0. The summed E-state index contributed by atoms with van der Waals surface area (Å²) in [6, 6.07) is 4.99. The fourth-order valence-corrected chi connectivity index (χ4v) is 2.22. The molecule has 2 aromatic rings. The Balaban J connectivity index is 2.74. The molecule has 0 amide bonds. The first kappa shape index (κ1) is 13.0. The Kier molecular flexibility index (Phi) is 3.16. The van der Waals surface area contributed by atoms with Gasteiger partial charge in [-0.2, -0.15) is 0 Å². The van der Waals surface area contributed by atoms with E-state index in [1.807, 2.05) is 0 Å². The molecule has 0 aromatic heterocycles. The average molecular weight is 319 g/mol. The normalized spacial score (nSPS) is 11.8. The molecule has 0 spiro atoms. The van der Waals surface area contributed by atoms with E-state index < -0.39 is 17.7 Å². The molecule has 0 aliphatic heterocycles. The number of aliphatic hydroxyl groups is 3. The Morgan fingerprint density at radius 2 is 1.83 bits per heavy atom. The number of ether oxygens (including phenoxy) is 1. The van der Waals surface area contributed by atoms with Crippen LogP contribution in [-0.4, -0.2) is 26.6 Å². The molecular weight excluding hydrogens is 311 g/mol. The monoisotopic (exact) mass is 318 g/mol. The lowest BCUT2D eigenvalue weighted by atomic mass is 10.1. The molecule has 7 heteroatoms.